The smallest absolute Gasteiger partial charge is 0.221 e. The number of nitrogens with one attached hydrogen (secondary N) is 2. The van der Waals surface area contributed by atoms with Crippen LogP contribution in [0.5, 0.6) is 5.75 Å². The molecule has 0 radical (unpaired) electrons. The molecule has 1 heterocycles. The van der Waals surface area contributed by atoms with E-state index in [0.29, 0.717) is 18.0 Å². The molecule has 0 bridgehead atoms. The molecule has 1 aromatic carbocycles. The van der Waals surface area contributed by atoms with Gasteiger partial charge in [-0.15, -0.1) is 0 Å². The van der Waals surface area contributed by atoms with E-state index in [9.17, 15) is 4.79 Å². The first-order chi connectivity index (χ1) is 7.20. The molecule has 0 spiro atoms. The van der Waals surface area contributed by atoms with Crippen LogP contribution in [-0.4, -0.2) is 17.7 Å². The molecule has 1 aliphatic heterocycles. The van der Waals surface area contributed by atoms with Crippen molar-refractivity contribution in [1.29, 1.82) is 0 Å². The second-order valence-corrected chi connectivity index (χ2v) is 3.40. The van der Waals surface area contributed by atoms with Crippen LogP contribution in [0.4, 0.5) is 11.4 Å². The molecule has 5 nitrogen and oxygen atoms in total. The summed E-state index contributed by atoms with van der Waals surface area (Å²) in [7, 11) is 0. The summed E-state index contributed by atoms with van der Waals surface area (Å²) in [4.78, 5) is 10.9. The third-order valence-corrected chi connectivity index (χ3v) is 2.26. The second kappa shape index (κ2) is 3.78. The monoisotopic (exact) mass is 208 g/mol. The molecular formula is C10H12N2O3. The molecule has 80 valence electrons. The van der Waals surface area contributed by atoms with Crippen LogP contribution in [-0.2, 0) is 11.2 Å². The molecule has 3 N–H and O–H groups in total. The molecule has 0 saturated heterocycles. The first-order valence-electron chi connectivity index (χ1n) is 4.68. The van der Waals surface area contributed by atoms with E-state index in [1.165, 1.54) is 6.92 Å². The maximum atomic E-state index is 10.9. The Morgan fingerprint density at radius 2 is 2.27 bits per heavy atom. The first kappa shape index (κ1) is 9.79. The van der Waals surface area contributed by atoms with Gasteiger partial charge in [-0.1, -0.05) is 0 Å². The van der Waals surface area contributed by atoms with Crippen molar-refractivity contribution in [3.63, 3.8) is 0 Å². The van der Waals surface area contributed by atoms with Gasteiger partial charge < -0.3 is 10.1 Å². The number of amides is 1. The average Bonchev–Trinajstić information content (AvgIpc) is 2.62. The van der Waals surface area contributed by atoms with E-state index in [1.807, 2.05) is 11.5 Å². The highest BCUT2D eigenvalue weighted by atomic mass is 16.5. The average molecular weight is 208 g/mol. The lowest BCUT2D eigenvalue weighted by molar-refractivity contribution is -0.114. The van der Waals surface area contributed by atoms with Gasteiger partial charge in [-0.05, 0) is 11.6 Å². The molecule has 0 aliphatic carbocycles. The summed E-state index contributed by atoms with van der Waals surface area (Å²) in [6.07, 6.45) is 0.827. The lowest BCUT2D eigenvalue weighted by Gasteiger charge is -2.10. The minimum absolute atomic E-state index is 0.176. The number of ether oxygens (including phenoxy) is 1. The Morgan fingerprint density at radius 1 is 1.47 bits per heavy atom. The summed E-state index contributed by atoms with van der Waals surface area (Å²) >= 11 is 0. The molecule has 1 amide bonds. The maximum absolute atomic E-state index is 10.9. The molecule has 5 heteroatoms. The maximum Gasteiger partial charge on any atom is 0.221 e. The highest BCUT2D eigenvalue weighted by molar-refractivity contribution is 5.93. The molecule has 0 fully saturated rings. The predicted octanol–water partition coefficient (Wildman–Crippen LogP) is 1.38. The van der Waals surface area contributed by atoms with Crippen LogP contribution in [0.15, 0.2) is 12.1 Å². The van der Waals surface area contributed by atoms with Crippen molar-refractivity contribution in [3.05, 3.63) is 17.7 Å². The summed E-state index contributed by atoms with van der Waals surface area (Å²) < 4.78 is 5.34. The van der Waals surface area contributed by atoms with Gasteiger partial charge in [0.05, 0.1) is 18.0 Å². The van der Waals surface area contributed by atoms with Gasteiger partial charge >= 0.3 is 0 Å². The molecule has 0 atom stereocenters. The summed E-state index contributed by atoms with van der Waals surface area (Å²) in [6.45, 7) is 2.06. The van der Waals surface area contributed by atoms with E-state index in [-0.39, 0.29) is 5.91 Å². The fraction of sp³-hybridized carbons (Fsp3) is 0.300. The zero-order valence-corrected chi connectivity index (χ0v) is 8.33. The Bertz CT molecular complexity index is 404. The van der Waals surface area contributed by atoms with Gasteiger partial charge in [0.15, 0.2) is 0 Å². The Labute approximate surface area is 87.0 Å². The van der Waals surface area contributed by atoms with E-state index >= 15 is 0 Å². The molecule has 1 aromatic rings. The Kier molecular flexibility index (Phi) is 2.47. The van der Waals surface area contributed by atoms with E-state index in [0.717, 1.165) is 17.7 Å². The van der Waals surface area contributed by atoms with Crippen molar-refractivity contribution in [2.45, 2.75) is 13.3 Å². The molecule has 0 saturated carbocycles. The molecule has 2 rings (SSSR count). The second-order valence-electron chi connectivity index (χ2n) is 3.40. The normalized spacial score (nSPS) is 12.9. The zero-order valence-electron chi connectivity index (χ0n) is 8.33. The largest absolute Gasteiger partial charge is 0.493 e. The van der Waals surface area contributed by atoms with Crippen molar-refractivity contribution < 1.29 is 14.7 Å². The quantitative estimate of drug-likeness (QED) is 0.642. The van der Waals surface area contributed by atoms with Gasteiger partial charge in [0.2, 0.25) is 5.91 Å². The van der Waals surface area contributed by atoms with E-state index in [2.05, 4.69) is 5.32 Å². The highest BCUT2D eigenvalue weighted by Crippen LogP contribution is 2.34. The fourth-order valence-corrected chi connectivity index (χ4v) is 1.61. The number of fused-ring (bicyclic) bond motifs is 1. The van der Waals surface area contributed by atoms with Crippen molar-refractivity contribution in [1.82, 2.24) is 0 Å². The van der Waals surface area contributed by atoms with Crippen molar-refractivity contribution in [2.24, 2.45) is 0 Å². The lowest BCUT2D eigenvalue weighted by Crippen LogP contribution is -2.08. The van der Waals surface area contributed by atoms with Gasteiger partial charge in [0, 0.05) is 19.4 Å². The molecule has 0 unspecified atom stereocenters. The highest BCUT2D eigenvalue weighted by Gasteiger charge is 2.16. The SMILES string of the molecule is CC(=O)Nc1cc2c(cc1NO)OCC2. The number of carbonyl (C=O) groups is 1. The standard InChI is InChI=1S/C10H12N2O3/c1-6(13)11-8-4-7-2-3-15-10(7)5-9(8)12-14/h4-5,12,14H,2-3H2,1H3,(H,11,13). The molecule has 15 heavy (non-hydrogen) atoms. The van der Waals surface area contributed by atoms with E-state index in [1.54, 1.807) is 6.07 Å². The number of rotatable bonds is 2. The summed E-state index contributed by atoms with van der Waals surface area (Å²) in [6, 6.07) is 3.48. The van der Waals surface area contributed by atoms with Crippen LogP contribution in [0.1, 0.15) is 12.5 Å². The zero-order chi connectivity index (χ0) is 10.8. The predicted molar refractivity (Wildman–Crippen MR) is 55.4 cm³/mol. The third-order valence-electron chi connectivity index (χ3n) is 2.26. The number of anilines is 2. The molecule has 1 aliphatic rings. The third kappa shape index (κ3) is 1.87. The number of hydrogen-bond acceptors (Lipinski definition) is 4. The Hall–Kier alpha value is -1.75. The van der Waals surface area contributed by atoms with Crippen LogP contribution in [0, 0.1) is 0 Å². The van der Waals surface area contributed by atoms with Crippen LogP contribution < -0.4 is 15.5 Å². The van der Waals surface area contributed by atoms with Crippen molar-refractivity contribution >= 4 is 17.3 Å². The van der Waals surface area contributed by atoms with E-state index < -0.39 is 0 Å². The Morgan fingerprint density at radius 3 is 2.93 bits per heavy atom. The van der Waals surface area contributed by atoms with Gasteiger partial charge in [-0.3, -0.25) is 15.5 Å². The topological polar surface area (TPSA) is 70.6 Å². The summed E-state index contributed by atoms with van der Waals surface area (Å²) in [5.41, 5.74) is 4.08. The fourth-order valence-electron chi connectivity index (χ4n) is 1.61. The Balaban J connectivity index is 2.39. The first-order valence-corrected chi connectivity index (χ1v) is 4.68. The van der Waals surface area contributed by atoms with Gasteiger partial charge in [0.1, 0.15) is 5.75 Å². The van der Waals surface area contributed by atoms with Gasteiger partial charge in [0.25, 0.3) is 0 Å². The minimum atomic E-state index is -0.176. The minimum Gasteiger partial charge on any atom is -0.493 e. The molecule has 0 aromatic heterocycles. The summed E-state index contributed by atoms with van der Waals surface area (Å²) in [5, 5.41) is 11.5. The van der Waals surface area contributed by atoms with E-state index in [4.69, 9.17) is 9.94 Å². The van der Waals surface area contributed by atoms with Gasteiger partial charge in [-0.25, -0.2) is 0 Å². The van der Waals surface area contributed by atoms with Crippen LogP contribution >= 0.6 is 0 Å². The van der Waals surface area contributed by atoms with Crippen LogP contribution in [0.25, 0.3) is 0 Å². The van der Waals surface area contributed by atoms with Crippen molar-refractivity contribution in [3.8, 4) is 5.75 Å². The van der Waals surface area contributed by atoms with Crippen LogP contribution in [0.3, 0.4) is 0 Å². The number of carbonyl (C=O) groups excluding carboxylic acids is 1. The summed E-state index contributed by atoms with van der Waals surface area (Å²) in [5.74, 6) is 0.575. The van der Waals surface area contributed by atoms with Gasteiger partial charge in [-0.2, -0.15) is 0 Å². The molecular weight excluding hydrogens is 196 g/mol. The van der Waals surface area contributed by atoms with Crippen molar-refractivity contribution in [2.75, 3.05) is 17.4 Å². The lowest BCUT2D eigenvalue weighted by atomic mass is 10.1. The number of benzene rings is 1. The van der Waals surface area contributed by atoms with Crippen LogP contribution in [0.2, 0.25) is 0 Å². The number of hydrogen-bond donors (Lipinski definition) is 3.